The van der Waals surface area contributed by atoms with Crippen LogP contribution in [-0.2, 0) is 11.2 Å². The van der Waals surface area contributed by atoms with Gasteiger partial charge in [0.15, 0.2) is 0 Å². The van der Waals surface area contributed by atoms with Crippen molar-refractivity contribution in [3.8, 4) is 5.75 Å². The molecule has 2 atom stereocenters. The Hall–Kier alpha value is -1.32. The molecule has 1 aromatic rings. The van der Waals surface area contributed by atoms with Crippen LogP contribution >= 0.6 is 0 Å². The van der Waals surface area contributed by atoms with E-state index in [9.17, 15) is 0 Å². The van der Waals surface area contributed by atoms with E-state index in [1.54, 1.807) is 0 Å². The Bertz CT molecular complexity index is 413. The molecule has 1 saturated heterocycles. The Labute approximate surface area is 122 Å². The van der Waals surface area contributed by atoms with Crippen LogP contribution in [0.15, 0.2) is 36.9 Å². The van der Waals surface area contributed by atoms with Gasteiger partial charge in [-0.05, 0) is 37.8 Å². The molecule has 0 amide bonds. The average molecular weight is 275 g/mol. The fourth-order valence-electron chi connectivity index (χ4n) is 2.45. The van der Waals surface area contributed by atoms with Crippen LogP contribution in [0, 0.1) is 0 Å². The smallest absolute Gasteiger partial charge is 0.123 e. The summed E-state index contributed by atoms with van der Waals surface area (Å²) in [5, 5.41) is 3.43. The van der Waals surface area contributed by atoms with Crippen molar-refractivity contribution in [1.29, 1.82) is 0 Å². The van der Waals surface area contributed by atoms with Crippen LogP contribution in [0.3, 0.4) is 0 Å². The summed E-state index contributed by atoms with van der Waals surface area (Å²) in [5.74, 6) is 0.957. The lowest BCUT2D eigenvalue weighted by atomic mass is 10.1. The maximum atomic E-state index is 6.01. The first kappa shape index (κ1) is 15.1. The fourth-order valence-corrected chi connectivity index (χ4v) is 2.45. The number of nitrogens with one attached hydrogen (secondary N) is 1. The maximum absolute atomic E-state index is 6.01. The highest BCUT2D eigenvalue weighted by Crippen LogP contribution is 2.20. The first-order valence-electron chi connectivity index (χ1n) is 7.47. The second kappa shape index (κ2) is 8.08. The number of rotatable bonds is 8. The van der Waals surface area contributed by atoms with Crippen LogP contribution in [-0.4, -0.2) is 31.9 Å². The van der Waals surface area contributed by atoms with Crippen molar-refractivity contribution in [2.45, 2.75) is 38.4 Å². The third kappa shape index (κ3) is 4.66. The highest BCUT2D eigenvalue weighted by Gasteiger charge is 2.15. The third-order valence-corrected chi connectivity index (χ3v) is 3.49. The standard InChI is InChI=1S/C17H25NO2/c1-3-7-15-8-4-5-10-17(15)20-14(2)12-18-13-16-9-6-11-19-16/h3-5,8,10,14,16,18H,1,6-7,9,11-13H2,2H3. The maximum Gasteiger partial charge on any atom is 0.123 e. The second-order valence-electron chi connectivity index (χ2n) is 5.32. The summed E-state index contributed by atoms with van der Waals surface area (Å²) in [5.41, 5.74) is 1.19. The van der Waals surface area contributed by atoms with Gasteiger partial charge in [-0.2, -0.15) is 0 Å². The Kier molecular flexibility index (Phi) is 6.09. The predicted molar refractivity (Wildman–Crippen MR) is 82.3 cm³/mol. The Morgan fingerprint density at radius 3 is 3.10 bits per heavy atom. The molecule has 0 radical (unpaired) electrons. The molecule has 1 aliphatic heterocycles. The van der Waals surface area contributed by atoms with Gasteiger partial charge in [-0.3, -0.25) is 0 Å². The van der Waals surface area contributed by atoms with Gasteiger partial charge in [0, 0.05) is 19.7 Å². The molecule has 3 nitrogen and oxygen atoms in total. The van der Waals surface area contributed by atoms with E-state index >= 15 is 0 Å². The number of hydrogen-bond donors (Lipinski definition) is 1. The monoisotopic (exact) mass is 275 g/mol. The molecule has 0 bridgehead atoms. The molecule has 0 saturated carbocycles. The van der Waals surface area contributed by atoms with E-state index in [1.807, 2.05) is 24.3 Å². The van der Waals surface area contributed by atoms with Gasteiger partial charge in [0.25, 0.3) is 0 Å². The first-order chi connectivity index (χ1) is 9.79. The number of hydrogen-bond acceptors (Lipinski definition) is 3. The van der Waals surface area contributed by atoms with E-state index in [-0.39, 0.29) is 6.10 Å². The lowest BCUT2D eigenvalue weighted by molar-refractivity contribution is 0.106. The molecule has 1 N–H and O–H groups in total. The summed E-state index contributed by atoms with van der Waals surface area (Å²) in [4.78, 5) is 0. The van der Waals surface area contributed by atoms with E-state index in [0.29, 0.717) is 6.10 Å². The minimum Gasteiger partial charge on any atom is -0.489 e. The van der Waals surface area contributed by atoms with Crippen LogP contribution in [0.25, 0.3) is 0 Å². The van der Waals surface area contributed by atoms with E-state index in [0.717, 1.165) is 31.9 Å². The minimum absolute atomic E-state index is 0.141. The van der Waals surface area contributed by atoms with E-state index in [2.05, 4.69) is 24.9 Å². The van der Waals surface area contributed by atoms with Crippen LogP contribution in [0.4, 0.5) is 0 Å². The van der Waals surface area contributed by atoms with Crippen LogP contribution in [0.2, 0.25) is 0 Å². The van der Waals surface area contributed by atoms with Gasteiger partial charge in [0.2, 0.25) is 0 Å². The van der Waals surface area contributed by atoms with Gasteiger partial charge in [-0.15, -0.1) is 6.58 Å². The lowest BCUT2D eigenvalue weighted by Crippen LogP contribution is -2.34. The highest BCUT2D eigenvalue weighted by atomic mass is 16.5. The summed E-state index contributed by atoms with van der Waals surface area (Å²) in [7, 11) is 0. The van der Waals surface area contributed by atoms with Gasteiger partial charge >= 0.3 is 0 Å². The Morgan fingerprint density at radius 2 is 2.35 bits per heavy atom. The van der Waals surface area contributed by atoms with E-state index in [1.165, 1.54) is 18.4 Å². The van der Waals surface area contributed by atoms with Gasteiger partial charge in [-0.25, -0.2) is 0 Å². The fraction of sp³-hybridized carbons (Fsp3) is 0.529. The number of benzene rings is 1. The number of ether oxygens (including phenoxy) is 2. The number of allylic oxidation sites excluding steroid dienone is 1. The van der Waals surface area contributed by atoms with Crippen LogP contribution in [0.1, 0.15) is 25.3 Å². The largest absolute Gasteiger partial charge is 0.489 e. The zero-order valence-corrected chi connectivity index (χ0v) is 12.3. The molecule has 0 spiro atoms. The molecule has 1 aliphatic rings. The summed E-state index contributed by atoms with van der Waals surface area (Å²) in [6.45, 7) is 8.54. The SMILES string of the molecule is C=CCc1ccccc1OC(C)CNCC1CCCO1. The quantitative estimate of drug-likeness (QED) is 0.740. The van der Waals surface area contributed by atoms with Crippen molar-refractivity contribution in [1.82, 2.24) is 5.32 Å². The summed E-state index contributed by atoms with van der Waals surface area (Å²) < 4.78 is 11.6. The molecular weight excluding hydrogens is 250 g/mol. The second-order valence-corrected chi connectivity index (χ2v) is 5.32. The van der Waals surface area contributed by atoms with Gasteiger partial charge in [-0.1, -0.05) is 24.3 Å². The highest BCUT2D eigenvalue weighted by molar-refractivity contribution is 5.34. The lowest BCUT2D eigenvalue weighted by Gasteiger charge is -2.18. The molecule has 20 heavy (non-hydrogen) atoms. The summed E-state index contributed by atoms with van der Waals surface area (Å²) in [6.07, 6.45) is 5.63. The Morgan fingerprint density at radius 1 is 1.50 bits per heavy atom. The molecular formula is C17H25NO2. The van der Waals surface area contributed by atoms with Crippen molar-refractivity contribution >= 4 is 0 Å². The molecule has 1 aromatic carbocycles. The molecule has 1 fully saturated rings. The van der Waals surface area contributed by atoms with Crippen molar-refractivity contribution in [3.63, 3.8) is 0 Å². The summed E-state index contributed by atoms with van der Waals surface area (Å²) >= 11 is 0. The zero-order valence-electron chi connectivity index (χ0n) is 12.3. The van der Waals surface area contributed by atoms with Crippen molar-refractivity contribution in [2.75, 3.05) is 19.7 Å². The molecule has 1 heterocycles. The van der Waals surface area contributed by atoms with E-state index < -0.39 is 0 Å². The topological polar surface area (TPSA) is 30.5 Å². The molecule has 110 valence electrons. The Balaban J connectivity index is 1.75. The molecule has 2 rings (SSSR count). The number of para-hydroxylation sites is 1. The van der Waals surface area contributed by atoms with Crippen molar-refractivity contribution in [2.24, 2.45) is 0 Å². The van der Waals surface area contributed by atoms with Gasteiger partial charge in [0.1, 0.15) is 11.9 Å². The molecule has 0 aliphatic carbocycles. The minimum atomic E-state index is 0.141. The van der Waals surface area contributed by atoms with E-state index in [4.69, 9.17) is 9.47 Å². The average Bonchev–Trinajstić information content (AvgIpc) is 2.94. The normalized spacial score (nSPS) is 19.8. The van der Waals surface area contributed by atoms with Crippen LogP contribution < -0.4 is 10.1 Å². The van der Waals surface area contributed by atoms with Crippen molar-refractivity contribution < 1.29 is 9.47 Å². The van der Waals surface area contributed by atoms with Gasteiger partial charge in [0.05, 0.1) is 6.10 Å². The zero-order chi connectivity index (χ0) is 14.2. The molecule has 3 heteroatoms. The van der Waals surface area contributed by atoms with Crippen LogP contribution in [0.5, 0.6) is 5.75 Å². The predicted octanol–water partition coefficient (Wildman–Crippen LogP) is 2.95. The van der Waals surface area contributed by atoms with Gasteiger partial charge < -0.3 is 14.8 Å². The van der Waals surface area contributed by atoms with Crippen molar-refractivity contribution in [3.05, 3.63) is 42.5 Å². The molecule has 0 aromatic heterocycles. The summed E-state index contributed by atoms with van der Waals surface area (Å²) in [6, 6.07) is 8.15. The first-order valence-corrected chi connectivity index (χ1v) is 7.47. The third-order valence-electron chi connectivity index (χ3n) is 3.49. The molecule has 2 unspecified atom stereocenters.